The molecule has 2 aromatic heterocycles. The van der Waals surface area contributed by atoms with Gasteiger partial charge in [-0.25, -0.2) is 9.78 Å². The molecule has 0 aliphatic carbocycles. The quantitative estimate of drug-likeness (QED) is 0.634. The van der Waals surface area contributed by atoms with Crippen LogP contribution in [-0.4, -0.2) is 15.4 Å². The van der Waals surface area contributed by atoms with E-state index in [1.165, 1.54) is 0 Å². The van der Waals surface area contributed by atoms with Crippen LogP contribution in [0.2, 0.25) is 0 Å². The van der Waals surface area contributed by atoms with Crippen molar-refractivity contribution in [3.05, 3.63) is 69.6 Å². The van der Waals surface area contributed by atoms with Gasteiger partial charge in [0.25, 0.3) is 0 Å². The van der Waals surface area contributed by atoms with Gasteiger partial charge >= 0.3 is 5.97 Å². The molecule has 21 heavy (non-hydrogen) atoms. The number of hydrogen-bond donors (Lipinski definition) is 0. The van der Waals surface area contributed by atoms with Crippen molar-refractivity contribution in [3.8, 4) is 0 Å². The maximum Gasteiger partial charge on any atom is 0.339 e. The molecule has 1 aliphatic rings. The van der Waals surface area contributed by atoms with Gasteiger partial charge in [0, 0.05) is 16.2 Å². The Morgan fingerprint density at radius 3 is 2.90 bits per heavy atom. The molecule has 1 atom stereocenters. The predicted octanol–water partition coefficient (Wildman–Crippen LogP) is 3.67. The number of fused-ring (bicyclic) bond motifs is 2. The van der Waals surface area contributed by atoms with E-state index in [0.717, 1.165) is 27.1 Å². The van der Waals surface area contributed by atoms with E-state index in [0.29, 0.717) is 5.56 Å². The van der Waals surface area contributed by atoms with Gasteiger partial charge in [-0.05, 0) is 41.1 Å². The highest BCUT2D eigenvalue weighted by atomic mass is 79.9. The molecule has 4 nitrogen and oxygen atoms in total. The largest absolute Gasteiger partial charge is 0.447 e. The first-order valence-corrected chi connectivity index (χ1v) is 7.38. The van der Waals surface area contributed by atoms with Crippen LogP contribution in [0.3, 0.4) is 0 Å². The number of halogens is 1. The summed E-state index contributed by atoms with van der Waals surface area (Å²) in [7, 11) is 0. The van der Waals surface area contributed by atoms with E-state index in [9.17, 15) is 4.79 Å². The third-order valence-corrected chi connectivity index (χ3v) is 4.21. The van der Waals surface area contributed by atoms with Crippen molar-refractivity contribution in [2.24, 2.45) is 0 Å². The van der Waals surface area contributed by atoms with Gasteiger partial charge in [0.2, 0.25) is 0 Å². The highest BCUT2D eigenvalue weighted by Gasteiger charge is 2.34. The molecule has 0 bridgehead atoms. The van der Waals surface area contributed by atoms with Crippen LogP contribution in [0.4, 0.5) is 0 Å². The number of cyclic esters (lactones) is 1. The number of carbonyl (C=O) groups is 1. The molecule has 1 aromatic carbocycles. The van der Waals surface area contributed by atoms with Crippen molar-refractivity contribution >= 4 is 27.5 Å². The molecule has 0 saturated heterocycles. The molecule has 0 fully saturated rings. The minimum absolute atomic E-state index is 0.278. The maximum absolute atomic E-state index is 12.0. The lowest BCUT2D eigenvalue weighted by Gasteiger charge is -2.12. The van der Waals surface area contributed by atoms with Crippen LogP contribution in [0.1, 0.15) is 33.4 Å². The summed E-state index contributed by atoms with van der Waals surface area (Å²) >= 11 is 3.47. The third-order valence-electron chi connectivity index (χ3n) is 3.74. The van der Waals surface area contributed by atoms with Crippen LogP contribution in [0.5, 0.6) is 0 Å². The lowest BCUT2D eigenvalue weighted by molar-refractivity contribution is 0.0447. The van der Waals surface area contributed by atoms with Gasteiger partial charge in [0.05, 0.1) is 17.0 Å². The Morgan fingerprint density at radius 2 is 2.05 bits per heavy atom. The number of rotatable bonds is 1. The number of esters is 1. The van der Waals surface area contributed by atoms with E-state index in [4.69, 9.17) is 4.74 Å². The molecule has 0 amide bonds. The fraction of sp³-hybridized carbons (Fsp3) is 0.125. The summed E-state index contributed by atoms with van der Waals surface area (Å²) in [4.78, 5) is 16.6. The van der Waals surface area contributed by atoms with Crippen molar-refractivity contribution in [2.75, 3.05) is 0 Å². The minimum Gasteiger partial charge on any atom is -0.447 e. The van der Waals surface area contributed by atoms with Crippen LogP contribution in [0.25, 0.3) is 5.65 Å². The van der Waals surface area contributed by atoms with E-state index in [1.807, 2.05) is 47.9 Å². The Bertz CT molecular complexity index is 885. The number of carbonyl (C=O) groups excluding carboxylic acids is 1. The Morgan fingerprint density at radius 1 is 1.24 bits per heavy atom. The van der Waals surface area contributed by atoms with Gasteiger partial charge in [0.15, 0.2) is 6.10 Å². The van der Waals surface area contributed by atoms with Crippen LogP contribution in [0.15, 0.2) is 47.1 Å². The highest BCUT2D eigenvalue weighted by Crippen LogP contribution is 2.37. The number of hydrogen-bond acceptors (Lipinski definition) is 3. The highest BCUT2D eigenvalue weighted by molar-refractivity contribution is 9.10. The zero-order chi connectivity index (χ0) is 14.6. The van der Waals surface area contributed by atoms with Crippen LogP contribution >= 0.6 is 15.9 Å². The zero-order valence-corrected chi connectivity index (χ0v) is 12.8. The average molecular weight is 343 g/mol. The maximum atomic E-state index is 12.0. The number of benzene rings is 1. The Balaban J connectivity index is 1.98. The second kappa shape index (κ2) is 4.43. The van der Waals surface area contributed by atoms with Crippen molar-refractivity contribution in [1.82, 2.24) is 9.38 Å². The monoisotopic (exact) mass is 342 g/mol. The predicted molar refractivity (Wildman–Crippen MR) is 81.3 cm³/mol. The van der Waals surface area contributed by atoms with Crippen LogP contribution in [-0.2, 0) is 4.74 Å². The number of nitrogens with zero attached hydrogens (tertiary/aromatic N) is 2. The summed E-state index contributed by atoms with van der Waals surface area (Å²) in [6.07, 6.45) is 1.54. The number of imidazole rings is 1. The number of ether oxygens (including phenoxy) is 1. The molecule has 1 aliphatic heterocycles. The molecule has 3 aromatic rings. The smallest absolute Gasteiger partial charge is 0.339 e. The molecule has 0 spiro atoms. The standard InChI is InChI=1S/C16H11BrN2O2/c1-9-14(19-8-10(17)6-7-13(19)18-9)15-11-4-2-3-5-12(11)16(20)21-15/h2-8,15H,1H3. The number of pyridine rings is 1. The summed E-state index contributed by atoms with van der Waals surface area (Å²) in [5.41, 5.74) is 4.12. The lowest BCUT2D eigenvalue weighted by Crippen LogP contribution is -2.06. The number of aromatic nitrogens is 2. The molecule has 4 rings (SSSR count). The summed E-state index contributed by atoms with van der Waals surface area (Å²) in [6.45, 7) is 1.94. The molecule has 104 valence electrons. The third kappa shape index (κ3) is 1.81. The van der Waals surface area contributed by atoms with Gasteiger partial charge in [0.1, 0.15) is 5.65 Å². The topological polar surface area (TPSA) is 43.6 Å². The van der Waals surface area contributed by atoms with Crippen molar-refractivity contribution in [1.29, 1.82) is 0 Å². The normalized spacial score (nSPS) is 17.0. The molecular formula is C16H11BrN2O2. The second-order valence-corrected chi connectivity index (χ2v) is 5.95. The van der Waals surface area contributed by atoms with E-state index < -0.39 is 6.10 Å². The van der Waals surface area contributed by atoms with Gasteiger partial charge < -0.3 is 4.74 Å². The fourth-order valence-electron chi connectivity index (χ4n) is 2.82. The molecule has 0 N–H and O–H groups in total. The Labute approximate surface area is 129 Å². The van der Waals surface area contributed by atoms with Crippen molar-refractivity contribution < 1.29 is 9.53 Å². The summed E-state index contributed by atoms with van der Waals surface area (Å²) in [5, 5.41) is 0. The Hall–Kier alpha value is -2.14. The summed E-state index contributed by atoms with van der Waals surface area (Å²) < 4.78 is 8.51. The van der Waals surface area contributed by atoms with E-state index in [1.54, 1.807) is 6.07 Å². The number of aryl methyl sites for hydroxylation is 1. The van der Waals surface area contributed by atoms with E-state index >= 15 is 0 Å². The molecular weight excluding hydrogens is 332 g/mol. The van der Waals surface area contributed by atoms with Gasteiger partial charge in [-0.2, -0.15) is 0 Å². The van der Waals surface area contributed by atoms with E-state index in [2.05, 4.69) is 20.9 Å². The van der Waals surface area contributed by atoms with Gasteiger partial charge in [-0.1, -0.05) is 18.2 Å². The van der Waals surface area contributed by atoms with Gasteiger partial charge in [-0.15, -0.1) is 0 Å². The first kappa shape index (κ1) is 12.6. The minimum atomic E-state index is -0.405. The summed E-state index contributed by atoms with van der Waals surface area (Å²) in [6, 6.07) is 11.4. The van der Waals surface area contributed by atoms with E-state index in [-0.39, 0.29) is 5.97 Å². The van der Waals surface area contributed by atoms with Crippen molar-refractivity contribution in [3.63, 3.8) is 0 Å². The summed E-state index contributed by atoms with van der Waals surface area (Å²) in [5.74, 6) is -0.278. The SMILES string of the molecule is Cc1nc2ccc(Br)cn2c1C1OC(=O)c2ccccc21. The first-order valence-electron chi connectivity index (χ1n) is 6.59. The average Bonchev–Trinajstić information content (AvgIpc) is 2.96. The lowest BCUT2D eigenvalue weighted by atomic mass is 10.0. The van der Waals surface area contributed by atoms with Crippen molar-refractivity contribution in [2.45, 2.75) is 13.0 Å². The molecule has 0 saturated carbocycles. The molecule has 5 heteroatoms. The fourth-order valence-corrected chi connectivity index (χ4v) is 3.16. The van der Waals surface area contributed by atoms with Crippen LogP contribution in [0, 0.1) is 6.92 Å². The molecule has 0 radical (unpaired) electrons. The van der Waals surface area contributed by atoms with Crippen LogP contribution < -0.4 is 0 Å². The Kier molecular flexibility index (Phi) is 2.65. The molecule has 3 heterocycles. The first-order chi connectivity index (χ1) is 10.1. The van der Waals surface area contributed by atoms with Gasteiger partial charge in [-0.3, -0.25) is 4.40 Å². The zero-order valence-electron chi connectivity index (χ0n) is 11.2. The second-order valence-electron chi connectivity index (χ2n) is 5.03. The molecule has 1 unspecified atom stereocenters.